The third-order valence-electron chi connectivity index (χ3n) is 4.80. The molecule has 0 bridgehead atoms. The topological polar surface area (TPSA) is 12.5 Å². The Hall–Kier alpha value is -0.0800. The molecular weight excluding hydrogens is 222 g/mol. The highest BCUT2D eigenvalue weighted by atomic mass is 16.5. The Balaban J connectivity index is 2.39. The third kappa shape index (κ3) is 4.55. The maximum absolute atomic E-state index is 5.56. The van der Waals surface area contributed by atoms with Gasteiger partial charge in [0.1, 0.15) is 0 Å². The van der Waals surface area contributed by atoms with Crippen molar-refractivity contribution in [2.45, 2.75) is 72.3 Å². The van der Waals surface area contributed by atoms with Gasteiger partial charge < -0.3 is 9.64 Å². The molecule has 0 aromatic rings. The number of ether oxygens (including phenoxy) is 1. The molecule has 2 nitrogen and oxygen atoms in total. The van der Waals surface area contributed by atoms with Gasteiger partial charge in [-0.3, -0.25) is 0 Å². The largest absolute Gasteiger partial charge is 0.382 e. The molecule has 0 saturated carbocycles. The van der Waals surface area contributed by atoms with Gasteiger partial charge in [-0.1, -0.05) is 26.7 Å². The second kappa shape index (κ2) is 8.16. The van der Waals surface area contributed by atoms with E-state index in [2.05, 4.69) is 32.6 Å². The minimum Gasteiger partial charge on any atom is -0.382 e. The highest BCUT2D eigenvalue weighted by molar-refractivity contribution is 4.90. The van der Waals surface area contributed by atoms with Gasteiger partial charge in [0.25, 0.3) is 0 Å². The lowest BCUT2D eigenvalue weighted by molar-refractivity contribution is 0.0978. The van der Waals surface area contributed by atoms with Crippen LogP contribution in [0.3, 0.4) is 0 Å². The predicted octanol–water partition coefficient (Wildman–Crippen LogP) is 4.09. The molecule has 2 heteroatoms. The van der Waals surface area contributed by atoms with Crippen LogP contribution in [-0.2, 0) is 4.74 Å². The normalized spacial score (nSPS) is 26.7. The second-order valence-electron chi connectivity index (χ2n) is 6.01. The summed E-state index contributed by atoms with van der Waals surface area (Å²) in [6.07, 6.45) is 7.97. The summed E-state index contributed by atoms with van der Waals surface area (Å²) in [6, 6.07) is 0.769. The number of hydrogen-bond donors (Lipinski definition) is 0. The van der Waals surface area contributed by atoms with Crippen molar-refractivity contribution in [3.8, 4) is 0 Å². The fourth-order valence-electron chi connectivity index (χ4n) is 3.13. The molecule has 2 unspecified atom stereocenters. The first kappa shape index (κ1) is 16.0. The maximum Gasteiger partial charge on any atom is 0.0471 e. The molecule has 1 aliphatic rings. The SMILES string of the molecule is CCCCC(C)N1CCC(CC)(CCOCC)C1. The van der Waals surface area contributed by atoms with Crippen LogP contribution in [-0.4, -0.2) is 37.2 Å². The summed E-state index contributed by atoms with van der Waals surface area (Å²) >= 11 is 0. The van der Waals surface area contributed by atoms with E-state index in [1.54, 1.807) is 0 Å². The van der Waals surface area contributed by atoms with Crippen molar-refractivity contribution in [1.29, 1.82) is 0 Å². The lowest BCUT2D eigenvalue weighted by Crippen LogP contribution is -2.34. The molecule has 1 fully saturated rings. The van der Waals surface area contributed by atoms with E-state index in [0.717, 1.165) is 19.3 Å². The first-order chi connectivity index (χ1) is 8.67. The number of hydrogen-bond acceptors (Lipinski definition) is 2. The van der Waals surface area contributed by atoms with Crippen molar-refractivity contribution in [2.24, 2.45) is 5.41 Å². The quantitative estimate of drug-likeness (QED) is 0.575. The Labute approximate surface area is 114 Å². The Bertz CT molecular complexity index is 219. The first-order valence-electron chi connectivity index (χ1n) is 7.99. The molecule has 0 aromatic carbocycles. The summed E-state index contributed by atoms with van der Waals surface area (Å²) in [4.78, 5) is 2.71. The van der Waals surface area contributed by atoms with Crippen LogP contribution in [0.2, 0.25) is 0 Å². The molecule has 0 aromatic heterocycles. The van der Waals surface area contributed by atoms with E-state index in [9.17, 15) is 0 Å². The predicted molar refractivity (Wildman–Crippen MR) is 79.0 cm³/mol. The highest BCUT2D eigenvalue weighted by Gasteiger charge is 2.37. The average molecular weight is 255 g/mol. The minimum atomic E-state index is 0.537. The van der Waals surface area contributed by atoms with E-state index in [1.807, 2.05) is 0 Å². The van der Waals surface area contributed by atoms with Crippen molar-refractivity contribution < 1.29 is 4.74 Å². The molecule has 2 atom stereocenters. The van der Waals surface area contributed by atoms with Crippen LogP contribution in [0.1, 0.15) is 66.2 Å². The summed E-state index contributed by atoms with van der Waals surface area (Å²) in [5.74, 6) is 0. The van der Waals surface area contributed by atoms with Gasteiger partial charge in [-0.2, -0.15) is 0 Å². The molecule has 1 heterocycles. The fourth-order valence-corrected chi connectivity index (χ4v) is 3.13. The van der Waals surface area contributed by atoms with Crippen molar-refractivity contribution in [1.82, 2.24) is 4.90 Å². The molecule has 0 spiro atoms. The monoisotopic (exact) mass is 255 g/mol. The molecule has 18 heavy (non-hydrogen) atoms. The summed E-state index contributed by atoms with van der Waals surface area (Å²) in [5.41, 5.74) is 0.537. The van der Waals surface area contributed by atoms with Gasteiger partial charge in [0.05, 0.1) is 0 Å². The van der Waals surface area contributed by atoms with Crippen LogP contribution in [0.25, 0.3) is 0 Å². The molecule has 1 saturated heterocycles. The number of unbranched alkanes of at least 4 members (excludes halogenated alkanes) is 1. The minimum absolute atomic E-state index is 0.537. The van der Waals surface area contributed by atoms with Crippen LogP contribution < -0.4 is 0 Å². The van der Waals surface area contributed by atoms with Crippen LogP contribution >= 0.6 is 0 Å². The number of likely N-dealkylation sites (tertiary alicyclic amines) is 1. The third-order valence-corrected chi connectivity index (χ3v) is 4.80. The van der Waals surface area contributed by atoms with Crippen molar-refractivity contribution in [3.05, 3.63) is 0 Å². The summed E-state index contributed by atoms with van der Waals surface area (Å²) < 4.78 is 5.56. The number of nitrogens with zero attached hydrogens (tertiary/aromatic N) is 1. The van der Waals surface area contributed by atoms with Gasteiger partial charge in [0.2, 0.25) is 0 Å². The zero-order chi connectivity index (χ0) is 13.4. The van der Waals surface area contributed by atoms with Gasteiger partial charge in [0, 0.05) is 25.8 Å². The van der Waals surface area contributed by atoms with E-state index in [0.29, 0.717) is 5.41 Å². The standard InChI is InChI=1S/C16H33NO/c1-5-8-9-15(4)17-12-10-16(6-2,14-17)11-13-18-7-3/h15H,5-14H2,1-4H3. The first-order valence-corrected chi connectivity index (χ1v) is 7.99. The Kier molecular flexibility index (Phi) is 7.25. The zero-order valence-electron chi connectivity index (χ0n) is 13.0. The lowest BCUT2D eigenvalue weighted by Gasteiger charge is -2.30. The van der Waals surface area contributed by atoms with Crippen LogP contribution in [0.15, 0.2) is 0 Å². The van der Waals surface area contributed by atoms with Crippen LogP contribution in [0.5, 0.6) is 0 Å². The fraction of sp³-hybridized carbons (Fsp3) is 1.00. The average Bonchev–Trinajstić information content (AvgIpc) is 2.81. The van der Waals surface area contributed by atoms with Gasteiger partial charge in [-0.25, -0.2) is 0 Å². The number of rotatable bonds is 9. The second-order valence-corrected chi connectivity index (χ2v) is 6.01. The summed E-state index contributed by atoms with van der Waals surface area (Å²) in [7, 11) is 0. The summed E-state index contributed by atoms with van der Waals surface area (Å²) in [5, 5.41) is 0. The molecular formula is C16H33NO. The van der Waals surface area contributed by atoms with E-state index in [4.69, 9.17) is 4.74 Å². The van der Waals surface area contributed by atoms with Crippen molar-refractivity contribution in [3.63, 3.8) is 0 Å². The molecule has 1 aliphatic heterocycles. The van der Waals surface area contributed by atoms with Gasteiger partial charge in [-0.15, -0.1) is 0 Å². The molecule has 0 amide bonds. The summed E-state index contributed by atoms with van der Waals surface area (Å²) in [6.45, 7) is 13.5. The van der Waals surface area contributed by atoms with E-state index >= 15 is 0 Å². The molecule has 108 valence electrons. The molecule has 1 rings (SSSR count). The maximum atomic E-state index is 5.56. The Morgan fingerprint density at radius 3 is 2.67 bits per heavy atom. The Morgan fingerprint density at radius 2 is 2.06 bits per heavy atom. The van der Waals surface area contributed by atoms with E-state index in [-0.39, 0.29) is 0 Å². The molecule has 0 N–H and O–H groups in total. The molecule has 0 radical (unpaired) electrons. The molecule has 0 aliphatic carbocycles. The van der Waals surface area contributed by atoms with Gasteiger partial charge in [-0.05, 0) is 51.5 Å². The smallest absolute Gasteiger partial charge is 0.0471 e. The van der Waals surface area contributed by atoms with E-state index in [1.165, 1.54) is 51.6 Å². The van der Waals surface area contributed by atoms with Crippen molar-refractivity contribution >= 4 is 0 Å². The van der Waals surface area contributed by atoms with Crippen LogP contribution in [0.4, 0.5) is 0 Å². The van der Waals surface area contributed by atoms with E-state index < -0.39 is 0 Å². The van der Waals surface area contributed by atoms with Gasteiger partial charge >= 0.3 is 0 Å². The van der Waals surface area contributed by atoms with Crippen molar-refractivity contribution in [2.75, 3.05) is 26.3 Å². The van der Waals surface area contributed by atoms with Gasteiger partial charge in [0.15, 0.2) is 0 Å². The lowest BCUT2D eigenvalue weighted by atomic mass is 9.81. The van der Waals surface area contributed by atoms with Crippen LogP contribution in [0, 0.1) is 5.41 Å². The highest BCUT2D eigenvalue weighted by Crippen LogP contribution is 2.38. The zero-order valence-corrected chi connectivity index (χ0v) is 13.0. The Morgan fingerprint density at radius 1 is 1.28 bits per heavy atom.